The first-order valence-corrected chi connectivity index (χ1v) is 6.78. The lowest BCUT2D eigenvalue weighted by molar-refractivity contribution is -0.112. The molecule has 0 heterocycles. The van der Waals surface area contributed by atoms with Gasteiger partial charge in [0.25, 0.3) is 0 Å². The zero-order valence-corrected chi connectivity index (χ0v) is 11.7. The van der Waals surface area contributed by atoms with Crippen LogP contribution >= 0.6 is 0 Å². The van der Waals surface area contributed by atoms with E-state index in [0.29, 0.717) is 25.7 Å². The molecule has 0 amide bonds. The largest absolute Gasteiger partial charge is 0.496 e. The molecule has 6 heteroatoms. The van der Waals surface area contributed by atoms with Crippen LogP contribution in [-0.4, -0.2) is 30.6 Å². The van der Waals surface area contributed by atoms with Gasteiger partial charge in [0.15, 0.2) is 11.6 Å². The molecule has 21 heavy (non-hydrogen) atoms. The van der Waals surface area contributed by atoms with Crippen molar-refractivity contribution < 1.29 is 28.6 Å². The third-order valence-electron chi connectivity index (χ3n) is 3.69. The lowest BCUT2D eigenvalue weighted by Crippen LogP contribution is -2.25. The Labute approximate surface area is 121 Å². The molecule has 0 saturated heterocycles. The molecule has 2 rings (SSSR count). The molecule has 1 aromatic rings. The summed E-state index contributed by atoms with van der Waals surface area (Å²) in [7, 11) is 1.28. The first-order chi connectivity index (χ1) is 10.0. The molecule has 1 aromatic carbocycles. The van der Waals surface area contributed by atoms with E-state index in [-0.39, 0.29) is 29.1 Å². The number of ether oxygens (including phenoxy) is 2. The fourth-order valence-electron chi connectivity index (χ4n) is 2.48. The molecule has 1 N–H and O–H groups in total. The van der Waals surface area contributed by atoms with E-state index in [1.807, 2.05) is 0 Å². The second-order valence-corrected chi connectivity index (χ2v) is 5.08. The van der Waals surface area contributed by atoms with Crippen molar-refractivity contribution in [3.05, 3.63) is 23.5 Å². The van der Waals surface area contributed by atoms with Crippen LogP contribution in [0.1, 0.15) is 36.0 Å². The van der Waals surface area contributed by atoms with Gasteiger partial charge in [-0.25, -0.2) is 9.18 Å². The summed E-state index contributed by atoms with van der Waals surface area (Å²) in [4.78, 5) is 21.8. The van der Waals surface area contributed by atoms with Crippen molar-refractivity contribution >= 4 is 12.3 Å². The maximum atomic E-state index is 13.9. The van der Waals surface area contributed by atoms with E-state index in [4.69, 9.17) is 14.6 Å². The fraction of sp³-hybridized carbons (Fsp3) is 0.467. The van der Waals surface area contributed by atoms with Crippen molar-refractivity contribution in [3.63, 3.8) is 0 Å². The Morgan fingerprint density at radius 2 is 1.95 bits per heavy atom. The van der Waals surface area contributed by atoms with Crippen LogP contribution in [0.15, 0.2) is 12.1 Å². The Morgan fingerprint density at radius 1 is 1.29 bits per heavy atom. The molecule has 0 aromatic heterocycles. The summed E-state index contributed by atoms with van der Waals surface area (Å²) in [5, 5.41) is 9.09. The average molecular weight is 296 g/mol. The summed E-state index contributed by atoms with van der Waals surface area (Å²) in [6.45, 7) is 0. The van der Waals surface area contributed by atoms with E-state index < -0.39 is 11.8 Å². The molecule has 114 valence electrons. The molecule has 0 radical (unpaired) electrons. The zero-order valence-electron chi connectivity index (χ0n) is 11.7. The molecule has 0 unspecified atom stereocenters. The van der Waals surface area contributed by atoms with Crippen LogP contribution in [0.4, 0.5) is 4.39 Å². The van der Waals surface area contributed by atoms with Crippen LogP contribution in [0.5, 0.6) is 11.5 Å². The Balaban J connectivity index is 2.15. The van der Waals surface area contributed by atoms with Crippen molar-refractivity contribution in [1.29, 1.82) is 0 Å². The van der Waals surface area contributed by atoms with Gasteiger partial charge in [0.1, 0.15) is 17.6 Å². The molecular weight excluding hydrogens is 279 g/mol. The van der Waals surface area contributed by atoms with Gasteiger partial charge in [0.05, 0.1) is 13.2 Å². The molecule has 1 aliphatic rings. The summed E-state index contributed by atoms with van der Waals surface area (Å²) in [5.41, 5.74) is -0.143. The molecule has 1 fully saturated rings. The summed E-state index contributed by atoms with van der Waals surface area (Å²) in [6, 6.07) is 2.15. The Morgan fingerprint density at radius 3 is 2.48 bits per heavy atom. The second-order valence-electron chi connectivity index (χ2n) is 5.08. The third-order valence-corrected chi connectivity index (χ3v) is 3.69. The van der Waals surface area contributed by atoms with Crippen molar-refractivity contribution in [2.75, 3.05) is 7.11 Å². The summed E-state index contributed by atoms with van der Waals surface area (Å²) in [6.07, 6.45) is 3.45. The van der Waals surface area contributed by atoms with Gasteiger partial charge in [-0.05, 0) is 25.7 Å². The van der Waals surface area contributed by atoms with Crippen molar-refractivity contribution in [1.82, 2.24) is 0 Å². The molecular formula is C15H17FO5. The SMILES string of the molecule is COc1cc(F)c(OC2CCC(C=O)CC2)cc1C(=O)O. The lowest BCUT2D eigenvalue weighted by Gasteiger charge is -2.26. The number of aromatic carboxylic acids is 1. The minimum absolute atomic E-state index is 0.0418. The maximum Gasteiger partial charge on any atom is 0.339 e. The van der Waals surface area contributed by atoms with Gasteiger partial charge < -0.3 is 19.4 Å². The van der Waals surface area contributed by atoms with Gasteiger partial charge in [-0.2, -0.15) is 0 Å². The molecule has 1 saturated carbocycles. The molecule has 5 nitrogen and oxygen atoms in total. The highest BCUT2D eigenvalue weighted by molar-refractivity contribution is 5.91. The number of carboxylic acids is 1. The molecule has 0 aliphatic heterocycles. The predicted octanol–water partition coefficient (Wildman–Crippen LogP) is 2.67. The number of carboxylic acid groups (broad SMARTS) is 1. The van der Waals surface area contributed by atoms with Crippen molar-refractivity contribution in [2.45, 2.75) is 31.8 Å². The number of aldehydes is 1. The standard InChI is InChI=1S/C15H17FO5/c1-20-13-7-12(16)14(6-11(13)15(18)19)21-10-4-2-9(8-17)3-5-10/h6-10H,2-5H2,1H3,(H,18,19). The molecule has 0 spiro atoms. The van der Waals surface area contributed by atoms with Gasteiger partial charge in [-0.3, -0.25) is 0 Å². The van der Waals surface area contributed by atoms with Crippen LogP contribution in [-0.2, 0) is 4.79 Å². The average Bonchev–Trinajstić information content (AvgIpc) is 2.49. The minimum atomic E-state index is -1.21. The molecule has 1 aliphatic carbocycles. The summed E-state index contributed by atoms with van der Waals surface area (Å²) < 4.78 is 24.3. The highest BCUT2D eigenvalue weighted by atomic mass is 19.1. The topological polar surface area (TPSA) is 72.8 Å². The minimum Gasteiger partial charge on any atom is -0.496 e. The number of carbonyl (C=O) groups is 2. The predicted molar refractivity (Wildman–Crippen MR) is 72.3 cm³/mol. The first-order valence-electron chi connectivity index (χ1n) is 6.78. The summed E-state index contributed by atoms with van der Waals surface area (Å²) in [5.74, 6) is -1.96. The van der Waals surface area contributed by atoms with Crippen molar-refractivity contribution in [3.8, 4) is 11.5 Å². The quantitative estimate of drug-likeness (QED) is 0.846. The van der Waals surface area contributed by atoms with Gasteiger partial charge in [-0.15, -0.1) is 0 Å². The highest BCUT2D eigenvalue weighted by Gasteiger charge is 2.24. The van der Waals surface area contributed by atoms with E-state index >= 15 is 0 Å². The second kappa shape index (κ2) is 6.56. The van der Waals surface area contributed by atoms with Crippen molar-refractivity contribution in [2.24, 2.45) is 5.92 Å². The number of hydrogen-bond donors (Lipinski definition) is 1. The normalized spacial score (nSPS) is 21.6. The van der Waals surface area contributed by atoms with E-state index in [2.05, 4.69) is 0 Å². The van der Waals surface area contributed by atoms with Crippen LogP contribution < -0.4 is 9.47 Å². The Kier molecular flexibility index (Phi) is 4.77. The number of methoxy groups -OCH3 is 1. The van der Waals surface area contributed by atoms with Gasteiger partial charge in [-0.1, -0.05) is 0 Å². The number of benzene rings is 1. The Hall–Kier alpha value is -2.11. The van der Waals surface area contributed by atoms with Crippen LogP contribution in [0.3, 0.4) is 0 Å². The zero-order chi connectivity index (χ0) is 15.4. The van der Waals surface area contributed by atoms with Crippen LogP contribution in [0.2, 0.25) is 0 Å². The number of rotatable bonds is 5. The number of halogens is 1. The highest BCUT2D eigenvalue weighted by Crippen LogP contribution is 2.31. The number of hydrogen-bond acceptors (Lipinski definition) is 4. The van der Waals surface area contributed by atoms with E-state index in [0.717, 1.165) is 18.4 Å². The third kappa shape index (κ3) is 3.51. The fourth-order valence-corrected chi connectivity index (χ4v) is 2.48. The monoisotopic (exact) mass is 296 g/mol. The van der Waals surface area contributed by atoms with E-state index in [9.17, 15) is 14.0 Å². The molecule has 0 atom stereocenters. The van der Waals surface area contributed by atoms with Gasteiger partial charge in [0.2, 0.25) is 0 Å². The van der Waals surface area contributed by atoms with E-state index in [1.54, 1.807) is 0 Å². The van der Waals surface area contributed by atoms with Gasteiger partial charge >= 0.3 is 5.97 Å². The van der Waals surface area contributed by atoms with E-state index in [1.165, 1.54) is 7.11 Å². The number of carbonyl (C=O) groups excluding carboxylic acids is 1. The maximum absolute atomic E-state index is 13.9. The smallest absolute Gasteiger partial charge is 0.339 e. The lowest BCUT2D eigenvalue weighted by atomic mass is 9.88. The first kappa shape index (κ1) is 15.3. The summed E-state index contributed by atoms with van der Waals surface area (Å²) >= 11 is 0. The van der Waals surface area contributed by atoms with Gasteiger partial charge in [0, 0.05) is 18.1 Å². The Bertz CT molecular complexity index is 535. The van der Waals surface area contributed by atoms with Crippen LogP contribution in [0.25, 0.3) is 0 Å². The molecule has 0 bridgehead atoms. The van der Waals surface area contributed by atoms with Crippen LogP contribution in [0, 0.1) is 11.7 Å².